The highest BCUT2D eigenvalue weighted by Gasteiger charge is 2.48. The van der Waals surface area contributed by atoms with Gasteiger partial charge in [-0.1, -0.05) is 77.4 Å². The summed E-state index contributed by atoms with van der Waals surface area (Å²) >= 11 is 1.71. The van der Waals surface area contributed by atoms with E-state index in [9.17, 15) is 19.5 Å². The van der Waals surface area contributed by atoms with Gasteiger partial charge in [0.1, 0.15) is 6.10 Å². The number of aliphatic hydroxyl groups is 1. The first-order valence-electron chi connectivity index (χ1n) is 16.5. The van der Waals surface area contributed by atoms with Crippen LogP contribution in [0.3, 0.4) is 0 Å². The van der Waals surface area contributed by atoms with Crippen LogP contribution in [0.4, 0.5) is 0 Å². The number of carbonyl (C=O) groups excluding carboxylic acids is 3. The number of aliphatic hydroxyl groups excluding tert-OH is 1. The Kier molecular flexibility index (Phi) is 15.0. The van der Waals surface area contributed by atoms with Crippen LogP contribution in [0.2, 0.25) is 0 Å². The van der Waals surface area contributed by atoms with Crippen LogP contribution in [0.1, 0.15) is 65.9 Å². The molecule has 1 aromatic carbocycles. The summed E-state index contributed by atoms with van der Waals surface area (Å²) in [5.41, 5.74) is 1.15. The molecule has 1 amide bonds. The number of Topliss-reactive ketones (excluding diaryl/α,β-unsaturated/α-hetero) is 1. The van der Waals surface area contributed by atoms with E-state index in [0.717, 1.165) is 29.3 Å². The maximum atomic E-state index is 13.7. The van der Waals surface area contributed by atoms with Gasteiger partial charge in [0.15, 0.2) is 11.6 Å². The quantitative estimate of drug-likeness (QED) is 0.214. The van der Waals surface area contributed by atoms with Gasteiger partial charge in [0, 0.05) is 57.1 Å². The zero-order chi connectivity index (χ0) is 33.1. The minimum absolute atomic E-state index is 0.0427. The van der Waals surface area contributed by atoms with Crippen LogP contribution in [-0.4, -0.2) is 89.9 Å². The number of thioether (sulfide) groups is 1. The second kappa shape index (κ2) is 18.1. The number of rotatable bonds is 18. The van der Waals surface area contributed by atoms with Gasteiger partial charge in [0.05, 0.1) is 29.9 Å². The van der Waals surface area contributed by atoms with E-state index >= 15 is 0 Å². The minimum atomic E-state index is -0.814. The lowest BCUT2D eigenvalue weighted by atomic mass is 9.89. The molecular formula is C36H54N2O6S. The topological polar surface area (TPSA) is 106 Å². The van der Waals surface area contributed by atoms with E-state index in [0.29, 0.717) is 12.8 Å². The zero-order valence-corrected chi connectivity index (χ0v) is 29.0. The fourth-order valence-electron chi connectivity index (χ4n) is 6.24. The first-order valence-corrected chi connectivity index (χ1v) is 17.5. The number of methoxy groups -OCH3 is 1. The van der Waals surface area contributed by atoms with Crippen molar-refractivity contribution in [1.82, 2.24) is 4.90 Å². The van der Waals surface area contributed by atoms with Gasteiger partial charge in [0.25, 0.3) is 0 Å². The third-order valence-corrected chi connectivity index (χ3v) is 10.8. The molecule has 250 valence electrons. The van der Waals surface area contributed by atoms with Gasteiger partial charge in [0.2, 0.25) is 5.91 Å². The van der Waals surface area contributed by atoms with E-state index in [4.69, 9.17) is 9.47 Å². The molecule has 8 atom stereocenters. The Morgan fingerprint density at radius 1 is 1.18 bits per heavy atom. The van der Waals surface area contributed by atoms with Crippen molar-refractivity contribution in [2.75, 3.05) is 33.1 Å². The number of amides is 1. The first kappa shape index (κ1) is 37.1. The molecule has 0 bridgehead atoms. The zero-order valence-electron chi connectivity index (χ0n) is 28.2. The Labute approximate surface area is 274 Å². The van der Waals surface area contributed by atoms with Crippen molar-refractivity contribution in [3.8, 4) is 0 Å². The lowest BCUT2D eigenvalue weighted by molar-refractivity contribution is -0.137. The lowest BCUT2D eigenvalue weighted by Gasteiger charge is -2.33. The molecule has 0 aliphatic carbocycles. The number of ketones is 2. The molecular weight excluding hydrogens is 588 g/mol. The number of carbonyl (C=O) groups is 3. The summed E-state index contributed by atoms with van der Waals surface area (Å²) in [7, 11) is 3.36. The van der Waals surface area contributed by atoms with Gasteiger partial charge in [-0.3, -0.25) is 19.4 Å². The maximum absolute atomic E-state index is 13.7. The first-order chi connectivity index (χ1) is 21.5. The molecule has 45 heavy (non-hydrogen) atoms. The van der Waals surface area contributed by atoms with Crippen LogP contribution in [-0.2, 0) is 30.3 Å². The van der Waals surface area contributed by atoms with E-state index < -0.39 is 24.2 Å². The Morgan fingerprint density at radius 2 is 1.89 bits per heavy atom. The highest BCUT2D eigenvalue weighted by Crippen LogP contribution is 2.35. The second-order valence-electron chi connectivity index (χ2n) is 13.0. The van der Waals surface area contributed by atoms with E-state index in [1.54, 1.807) is 29.8 Å². The molecule has 9 heteroatoms. The molecule has 0 radical (unpaired) electrons. The van der Waals surface area contributed by atoms with Crippen molar-refractivity contribution < 1.29 is 29.0 Å². The fraction of sp³-hybridized carbons (Fsp3) is 0.667. The van der Waals surface area contributed by atoms with Gasteiger partial charge >= 0.3 is 0 Å². The van der Waals surface area contributed by atoms with Crippen molar-refractivity contribution in [3.05, 3.63) is 48.0 Å². The molecule has 0 spiro atoms. The molecule has 1 aromatic rings. The summed E-state index contributed by atoms with van der Waals surface area (Å²) in [6.45, 7) is 10.8. The molecule has 2 aliphatic rings. The van der Waals surface area contributed by atoms with Crippen molar-refractivity contribution in [3.63, 3.8) is 0 Å². The summed E-state index contributed by atoms with van der Waals surface area (Å²) in [5.74, 6) is 0.702. The van der Waals surface area contributed by atoms with Crippen LogP contribution in [0.5, 0.6) is 0 Å². The largest absolute Gasteiger partial charge is 0.396 e. The van der Waals surface area contributed by atoms with Gasteiger partial charge in [-0.15, -0.1) is 11.8 Å². The predicted octanol–water partition coefficient (Wildman–Crippen LogP) is 5.41. The third kappa shape index (κ3) is 10.1. The molecule has 1 N–H and O–H groups in total. The highest BCUT2D eigenvalue weighted by molar-refractivity contribution is 8.14. The Balaban J connectivity index is 1.66. The SMILES string of the molecule is CC[C@H](C)C(/C=C/C(=O)CCC1O[C@@H](C(=O)C[C@@H](Cc2ccccc2)C2=NCCS2)[C@@H](OC)[C@@H]1CO)N(C)C(=O)[C@@H](C)C(C)C. The molecule has 2 aliphatic heterocycles. The van der Waals surface area contributed by atoms with Gasteiger partial charge < -0.3 is 19.5 Å². The van der Waals surface area contributed by atoms with Crippen LogP contribution in [0.15, 0.2) is 47.5 Å². The normalized spacial score (nSPS) is 24.4. The van der Waals surface area contributed by atoms with Crippen LogP contribution < -0.4 is 0 Å². The number of hydrogen-bond acceptors (Lipinski definition) is 8. The fourth-order valence-corrected chi connectivity index (χ4v) is 7.21. The smallest absolute Gasteiger partial charge is 0.225 e. The second-order valence-corrected chi connectivity index (χ2v) is 14.1. The van der Waals surface area contributed by atoms with E-state index in [2.05, 4.69) is 31.0 Å². The summed E-state index contributed by atoms with van der Waals surface area (Å²) in [5, 5.41) is 11.3. The number of likely N-dealkylation sites (N-methyl/N-ethyl adjacent to an activating group) is 1. The number of benzene rings is 1. The van der Waals surface area contributed by atoms with E-state index in [-0.39, 0.29) is 66.6 Å². The molecule has 2 unspecified atom stereocenters. The molecule has 1 fully saturated rings. The number of allylic oxidation sites excluding steroid dienone is 1. The van der Waals surface area contributed by atoms with Crippen LogP contribution >= 0.6 is 11.8 Å². The minimum Gasteiger partial charge on any atom is -0.396 e. The molecule has 8 nitrogen and oxygen atoms in total. The van der Waals surface area contributed by atoms with Gasteiger partial charge in [-0.2, -0.15) is 0 Å². The molecule has 1 saturated heterocycles. The summed E-state index contributed by atoms with van der Waals surface area (Å²) in [6, 6.07) is 9.93. The van der Waals surface area contributed by atoms with Crippen molar-refractivity contribution in [1.29, 1.82) is 0 Å². The Hall–Kier alpha value is -2.33. The van der Waals surface area contributed by atoms with E-state index in [1.165, 1.54) is 0 Å². The highest BCUT2D eigenvalue weighted by atomic mass is 32.2. The summed E-state index contributed by atoms with van der Waals surface area (Å²) < 4.78 is 12.0. The van der Waals surface area contributed by atoms with Gasteiger partial charge in [-0.25, -0.2) is 0 Å². The number of nitrogens with zero attached hydrogens (tertiary/aromatic N) is 2. The number of ether oxygens (including phenoxy) is 2. The van der Waals surface area contributed by atoms with Crippen LogP contribution in [0.25, 0.3) is 0 Å². The lowest BCUT2D eigenvalue weighted by Crippen LogP contribution is -2.43. The van der Waals surface area contributed by atoms with E-state index in [1.807, 2.05) is 52.1 Å². The summed E-state index contributed by atoms with van der Waals surface area (Å²) in [6.07, 6.45) is 3.96. The third-order valence-electron chi connectivity index (χ3n) is 9.62. The molecule has 3 rings (SSSR count). The van der Waals surface area contributed by atoms with Crippen molar-refractivity contribution in [2.24, 2.45) is 34.6 Å². The Bertz CT molecular complexity index is 1170. The molecule has 0 aromatic heterocycles. The van der Waals surface area contributed by atoms with Crippen molar-refractivity contribution in [2.45, 2.75) is 91.1 Å². The molecule has 2 heterocycles. The summed E-state index contributed by atoms with van der Waals surface area (Å²) in [4.78, 5) is 46.3. The predicted molar refractivity (Wildman–Crippen MR) is 181 cm³/mol. The Morgan fingerprint density at radius 3 is 2.47 bits per heavy atom. The number of hydrogen-bond donors (Lipinski definition) is 1. The van der Waals surface area contributed by atoms with Gasteiger partial charge in [-0.05, 0) is 36.3 Å². The average molecular weight is 643 g/mol. The number of aliphatic imine (C=N–C) groups is 1. The monoisotopic (exact) mass is 642 g/mol. The van der Waals surface area contributed by atoms with Crippen molar-refractivity contribution >= 4 is 34.3 Å². The van der Waals surface area contributed by atoms with Crippen LogP contribution in [0, 0.1) is 29.6 Å². The average Bonchev–Trinajstić information content (AvgIpc) is 3.71. The molecule has 0 saturated carbocycles. The maximum Gasteiger partial charge on any atom is 0.225 e. The standard InChI is InChI=1S/C36H54N2O6S/c1-8-24(4)30(38(6)36(42)25(5)23(2)3)16-14-28(40)15-17-32-29(22-39)33(43-7)34(44-32)31(41)21-27(35-37-18-19-45-35)20-26-12-10-9-11-13-26/h9-14,16,23-25,27,29-30,32-34,39H,8,15,17-22H2,1-7H3/b16-14+/t24-,25-,27+,29+,30?,32?,33-,34-/m0/s1.